The summed E-state index contributed by atoms with van der Waals surface area (Å²) < 4.78 is 29.7. The van der Waals surface area contributed by atoms with E-state index in [0.29, 0.717) is 38.5 Å². The largest absolute Gasteiger partial charge is 0.491 e. The second-order valence-corrected chi connectivity index (χ2v) is 7.28. The summed E-state index contributed by atoms with van der Waals surface area (Å²) in [6, 6.07) is 4.51. The van der Waals surface area contributed by atoms with Gasteiger partial charge in [-0.3, -0.25) is 4.79 Å². The first-order valence-electron chi connectivity index (χ1n) is 9.69. The summed E-state index contributed by atoms with van der Waals surface area (Å²) in [5.41, 5.74) is 0.939. The molecular weight excluding hydrogens is 403 g/mol. The minimum Gasteiger partial charge on any atom is -0.491 e. The summed E-state index contributed by atoms with van der Waals surface area (Å²) in [7, 11) is 0. The van der Waals surface area contributed by atoms with Gasteiger partial charge in [0.25, 0.3) is 0 Å². The van der Waals surface area contributed by atoms with Crippen LogP contribution in [0.4, 0.5) is 9.18 Å². The highest BCUT2D eigenvalue weighted by Crippen LogP contribution is 2.27. The Morgan fingerprint density at radius 1 is 1.31 bits per heavy atom. The number of halogens is 2. The molecule has 0 aliphatic carbocycles. The highest BCUT2D eigenvalue weighted by atomic mass is 35.5. The second-order valence-electron chi connectivity index (χ2n) is 7.01. The standard InChI is InChI=1S/C20H28ClFN2O5/c1-14(2)17-4-3-15(22)11-18(17)28-10-9-27-8-6-23-20(26)29-16-5-7-24(13-16)19(25)12-21/h3-4,11,14,16H,5-10,12-13H2,1-2H3,(H,23,26). The Balaban J connectivity index is 1.56. The van der Waals surface area contributed by atoms with Crippen molar-refractivity contribution < 1.29 is 28.2 Å². The monoisotopic (exact) mass is 430 g/mol. The lowest BCUT2D eigenvalue weighted by Crippen LogP contribution is -2.34. The lowest BCUT2D eigenvalue weighted by atomic mass is 10.0. The first-order chi connectivity index (χ1) is 13.9. The van der Waals surface area contributed by atoms with E-state index in [1.54, 1.807) is 11.0 Å². The number of nitrogens with one attached hydrogen (secondary N) is 1. The summed E-state index contributed by atoms with van der Waals surface area (Å²) in [4.78, 5) is 24.8. The summed E-state index contributed by atoms with van der Waals surface area (Å²) >= 11 is 5.52. The van der Waals surface area contributed by atoms with Gasteiger partial charge in [-0.05, 0) is 17.5 Å². The van der Waals surface area contributed by atoms with Gasteiger partial charge in [0.2, 0.25) is 5.91 Å². The summed E-state index contributed by atoms with van der Waals surface area (Å²) in [6.45, 7) is 6.10. The average molecular weight is 431 g/mol. The highest BCUT2D eigenvalue weighted by Gasteiger charge is 2.28. The van der Waals surface area contributed by atoms with Gasteiger partial charge in [-0.2, -0.15) is 0 Å². The van der Waals surface area contributed by atoms with Crippen molar-refractivity contribution in [3.05, 3.63) is 29.6 Å². The third-order valence-corrected chi connectivity index (χ3v) is 4.71. The smallest absolute Gasteiger partial charge is 0.407 e. The predicted molar refractivity (Wildman–Crippen MR) is 107 cm³/mol. The van der Waals surface area contributed by atoms with Crippen molar-refractivity contribution in [3.63, 3.8) is 0 Å². The van der Waals surface area contributed by atoms with Gasteiger partial charge in [-0.15, -0.1) is 11.6 Å². The van der Waals surface area contributed by atoms with Crippen molar-refractivity contribution in [1.29, 1.82) is 0 Å². The number of alkyl halides is 1. The fraction of sp³-hybridized carbons (Fsp3) is 0.600. The molecule has 1 aromatic carbocycles. The maximum Gasteiger partial charge on any atom is 0.407 e. The number of benzene rings is 1. The summed E-state index contributed by atoms with van der Waals surface area (Å²) in [5, 5.41) is 2.60. The number of carbonyl (C=O) groups is 2. The fourth-order valence-electron chi connectivity index (χ4n) is 2.98. The zero-order valence-electron chi connectivity index (χ0n) is 16.8. The fourth-order valence-corrected chi connectivity index (χ4v) is 3.15. The molecule has 1 heterocycles. The predicted octanol–water partition coefficient (Wildman–Crippen LogP) is 2.91. The van der Waals surface area contributed by atoms with E-state index < -0.39 is 6.09 Å². The van der Waals surface area contributed by atoms with Gasteiger partial charge in [-0.25, -0.2) is 9.18 Å². The molecule has 1 fully saturated rings. The second kappa shape index (κ2) is 11.8. The van der Waals surface area contributed by atoms with Crippen LogP contribution in [0.25, 0.3) is 0 Å². The molecule has 7 nitrogen and oxygen atoms in total. The summed E-state index contributed by atoms with van der Waals surface area (Å²) in [5.74, 6) is 0.168. The van der Waals surface area contributed by atoms with Crippen LogP contribution in [-0.4, -0.2) is 68.3 Å². The number of alkyl carbamates (subject to hydrolysis) is 1. The number of carbonyl (C=O) groups excluding carboxylic acids is 2. The first kappa shape index (κ1) is 23.2. The van der Waals surface area contributed by atoms with E-state index in [0.717, 1.165) is 5.56 Å². The molecule has 29 heavy (non-hydrogen) atoms. The highest BCUT2D eigenvalue weighted by molar-refractivity contribution is 6.27. The van der Waals surface area contributed by atoms with E-state index in [4.69, 9.17) is 25.8 Å². The minimum absolute atomic E-state index is 0.0715. The minimum atomic E-state index is -0.545. The number of likely N-dealkylation sites (tertiary alicyclic amines) is 1. The number of nitrogens with zero attached hydrogens (tertiary/aromatic N) is 1. The topological polar surface area (TPSA) is 77.1 Å². The van der Waals surface area contributed by atoms with Gasteiger partial charge < -0.3 is 24.4 Å². The average Bonchev–Trinajstić information content (AvgIpc) is 3.14. The molecule has 0 aromatic heterocycles. The van der Waals surface area contributed by atoms with Crippen molar-refractivity contribution in [2.75, 3.05) is 45.3 Å². The lowest BCUT2D eigenvalue weighted by Gasteiger charge is -2.16. The zero-order chi connectivity index (χ0) is 21.2. The molecule has 9 heteroatoms. The number of hydrogen-bond acceptors (Lipinski definition) is 5. The van der Waals surface area contributed by atoms with E-state index >= 15 is 0 Å². The van der Waals surface area contributed by atoms with Gasteiger partial charge >= 0.3 is 6.09 Å². The van der Waals surface area contributed by atoms with Gasteiger partial charge in [0.15, 0.2) is 0 Å². The normalized spacial score (nSPS) is 16.2. The first-order valence-corrected chi connectivity index (χ1v) is 10.2. The summed E-state index contributed by atoms with van der Waals surface area (Å²) in [6.07, 6.45) is -0.267. The van der Waals surface area contributed by atoms with Crippen LogP contribution in [0.2, 0.25) is 0 Å². The van der Waals surface area contributed by atoms with E-state index in [1.807, 2.05) is 13.8 Å². The number of rotatable bonds is 10. The van der Waals surface area contributed by atoms with Crippen LogP contribution in [-0.2, 0) is 14.3 Å². The zero-order valence-corrected chi connectivity index (χ0v) is 17.5. The molecule has 0 spiro atoms. The Labute approximate surface area is 175 Å². The van der Waals surface area contributed by atoms with E-state index in [9.17, 15) is 14.0 Å². The SMILES string of the molecule is CC(C)c1ccc(F)cc1OCCOCCNC(=O)OC1CCN(C(=O)CCl)C1. The number of amides is 2. The van der Waals surface area contributed by atoms with Crippen molar-refractivity contribution in [1.82, 2.24) is 10.2 Å². The Kier molecular flexibility index (Phi) is 9.47. The molecule has 162 valence electrons. The van der Waals surface area contributed by atoms with Crippen LogP contribution in [0.3, 0.4) is 0 Å². The maximum atomic E-state index is 13.4. The van der Waals surface area contributed by atoms with Crippen molar-refractivity contribution in [2.24, 2.45) is 0 Å². The Morgan fingerprint density at radius 3 is 2.83 bits per heavy atom. The van der Waals surface area contributed by atoms with Crippen LogP contribution in [0.15, 0.2) is 18.2 Å². The molecule has 1 N–H and O–H groups in total. The molecular formula is C20H28ClFN2O5. The number of hydrogen-bond donors (Lipinski definition) is 1. The molecule has 1 unspecified atom stereocenters. The Morgan fingerprint density at radius 2 is 2.10 bits per heavy atom. The van der Waals surface area contributed by atoms with Gasteiger partial charge in [0, 0.05) is 25.6 Å². The Bertz CT molecular complexity index is 689. The molecule has 2 rings (SSSR count). The third kappa shape index (κ3) is 7.70. The Hall–Kier alpha value is -2.06. The molecule has 1 aliphatic heterocycles. The van der Waals surface area contributed by atoms with Gasteiger partial charge in [0.1, 0.15) is 30.2 Å². The molecule has 0 radical (unpaired) electrons. The molecule has 0 bridgehead atoms. The number of ether oxygens (including phenoxy) is 3. The van der Waals surface area contributed by atoms with Crippen molar-refractivity contribution in [2.45, 2.75) is 32.3 Å². The van der Waals surface area contributed by atoms with Crippen LogP contribution in [0.1, 0.15) is 31.7 Å². The third-order valence-electron chi connectivity index (χ3n) is 4.48. The van der Waals surface area contributed by atoms with Gasteiger partial charge in [0.05, 0.1) is 19.8 Å². The van der Waals surface area contributed by atoms with Crippen molar-refractivity contribution >= 4 is 23.6 Å². The molecule has 2 amide bonds. The molecule has 1 aliphatic rings. The molecule has 1 atom stereocenters. The molecule has 0 saturated carbocycles. The van der Waals surface area contributed by atoms with Crippen molar-refractivity contribution in [3.8, 4) is 5.75 Å². The lowest BCUT2D eigenvalue weighted by molar-refractivity contribution is -0.127. The quantitative estimate of drug-likeness (QED) is 0.456. The molecule has 1 aromatic rings. The van der Waals surface area contributed by atoms with E-state index in [1.165, 1.54) is 12.1 Å². The van der Waals surface area contributed by atoms with E-state index in [2.05, 4.69) is 5.32 Å². The van der Waals surface area contributed by atoms with Gasteiger partial charge in [-0.1, -0.05) is 19.9 Å². The molecule has 1 saturated heterocycles. The van der Waals surface area contributed by atoms with E-state index in [-0.39, 0.29) is 42.8 Å². The van der Waals surface area contributed by atoms with Crippen LogP contribution in [0, 0.1) is 5.82 Å². The maximum absolute atomic E-state index is 13.4. The van der Waals surface area contributed by atoms with Crippen LogP contribution < -0.4 is 10.1 Å². The van der Waals surface area contributed by atoms with Crippen LogP contribution >= 0.6 is 11.6 Å². The van der Waals surface area contributed by atoms with Crippen LogP contribution in [0.5, 0.6) is 5.75 Å².